The molecule has 0 spiro atoms. The molecule has 0 aliphatic carbocycles. The van der Waals surface area contributed by atoms with E-state index in [-0.39, 0.29) is 0 Å². The third kappa shape index (κ3) is 4.20. The second-order valence-electron chi connectivity index (χ2n) is 3.83. The molecule has 1 rings (SSSR count). The Kier molecular flexibility index (Phi) is 4.91. The number of nitrogens with zero attached hydrogens (tertiary/aromatic N) is 1. The molecule has 0 radical (unpaired) electrons. The van der Waals surface area contributed by atoms with Gasteiger partial charge in [0.1, 0.15) is 0 Å². The van der Waals surface area contributed by atoms with Crippen LogP contribution in [0.3, 0.4) is 0 Å². The molecule has 0 aromatic rings. The van der Waals surface area contributed by atoms with Gasteiger partial charge in [0.05, 0.1) is 0 Å². The van der Waals surface area contributed by atoms with E-state index in [1.165, 1.54) is 0 Å². The van der Waals surface area contributed by atoms with Gasteiger partial charge in [0.25, 0.3) is 0 Å². The molecule has 78 valence electrons. The Labute approximate surface area is 83.1 Å². The molecule has 0 aromatic carbocycles. The molecule has 1 atom stereocenters. The highest BCUT2D eigenvalue weighted by atomic mass is 32.2. The fraction of sp³-hybridized carbons (Fsp3) is 1.00. The zero-order chi connectivity index (χ0) is 9.68. The normalized spacial score (nSPS) is 23.2. The van der Waals surface area contributed by atoms with Crippen molar-refractivity contribution in [3.63, 3.8) is 0 Å². The molecule has 0 amide bonds. The Hall–Kier alpha value is 0.0700. The van der Waals surface area contributed by atoms with E-state index in [0.29, 0.717) is 5.92 Å². The lowest BCUT2D eigenvalue weighted by molar-refractivity contribution is 0.253. The number of hydrogen-bond donors (Lipinski definition) is 1. The summed E-state index contributed by atoms with van der Waals surface area (Å²) in [5.74, 6) is 2.39. The van der Waals surface area contributed by atoms with E-state index >= 15 is 0 Å². The first-order valence-corrected chi connectivity index (χ1v) is 6.48. The van der Waals surface area contributed by atoms with E-state index in [0.717, 1.165) is 44.1 Å². The van der Waals surface area contributed by atoms with Crippen LogP contribution < -0.4 is 5.73 Å². The van der Waals surface area contributed by atoms with E-state index in [2.05, 4.69) is 11.8 Å². The standard InChI is InChI=1S/C9H20N2OS/c1-9(2-3-10)8-11-4-6-13(12)7-5-11/h9H,2-8,10H2,1H3. The molecule has 1 saturated heterocycles. The van der Waals surface area contributed by atoms with Crippen molar-refractivity contribution in [2.75, 3.05) is 37.7 Å². The van der Waals surface area contributed by atoms with E-state index in [9.17, 15) is 4.21 Å². The number of hydrogen-bond acceptors (Lipinski definition) is 3. The Morgan fingerprint density at radius 2 is 2.08 bits per heavy atom. The zero-order valence-corrected chi connectivity index (χ0v) is 9.18. The predicted molar refractivity (Wildman–Crippen MR) is 57.2 cm³/mol. The maximum Gasteiger partial charge on any atom is 0.0363 e. The molecule has 0 bridgehead atoms. The first-order chi connectivity index (χ1) is 6.22. The van der Waals surface area contributed by atoms with Gasteiger partial charge in [0, 0.05) is 41.9 Å². The average Bonchev–Trinajstić information content (AvgIpc) is 2.09. The molecule has 1 heterocycles. The Balaban J connectivity index is 2.18. The minimum absolute atomic E-state index is 0.546. The molecule has 13 heavy (non-hydrogen) atoms. The highest BCUT2D eigenvalue weighted by molar-refractivity contribution is 7.85. The third-order valence-corrected chi connectivity index (χ3v) is 3.78. The van der Waals surface area contributed by atoms with Gasteiger partial charge in [0.15, 0.2) is 0 Å². The summed E-state index contributed by atoms with van der Waals surface area (Å²) in [6.07, 6.45) is 1.10. The minimum atomic E-state index is -0.546. The predicted octanol–water partition coefficient (Wildman–Crippen LogP) is 0.0356. The molecule has 1 unspecified atom stereocenters. The monoisotopic (exact) mass is 204 g/mol. The summed E-state index contributed by atoms with van der Waals surface area (Å²) >= 11 is 0. The van der Waals surface area contributed by atoms with Crippen LogP contribution in [0.15, 0.2) is 0 Å². The van der Waals surface area contributed by atoms with Gasteiger partial charge in [-0.15, -0.1) is 0 Å². The van der Waals surface area contributed by atoms with Gasteiger partial charge in [-0.05, 0) is 18.9 Å². The minimum Gasteiger partial charge on any atom is -0.330 e. The zero-order valence-electron chi connectivity index (χ0n) is 8.37. The van der Waals surface area contributed by atoms with Crippen molar-refractivity contribution >= 4 is 10.8 Å². The average molecular weight is 204 g/mol. The first kappa shape index (κ1) is 11.1. The quantitative estimate of drug-likeness (QED) is 0.703. The lowest BCUT2D eigenvalue weighted by Gasteiger charge is -2.28. The summed E-state index contributed by atoms with van der Waals surface area (Å²) < 4.78 is 11.1. The van der Waals surface area contributed by atoms with Crippen LogP contribution in [0.2, 0.25) is 0 Å². The van der Waals surface area contributed by atoms with Gasteiger partial charge in [-0.3, -0.25) is 4.21 Å². The van der Waals surface area contributed by atoms with Crippen molar-refractivity contribution in [2.45, 2.75) is 13.3 Å². The smallest absolute Gasteiger partial charge is 0.0363 e. The number of nitrogens with two attached hydrogens (primary N) is 1. The van der Waals surface area contributed by atoms with Gasteiger partial charge >= 0.3 is 0 Å². The molecule has 4 heteroatoms. The topological polar surface area (TPSA) is 46.3 Å². The molecular formula is C9H20N2OS. The molecule has 1 fully saturated rings. The van der Waals surface area contributed by atoms with Crippen LogP contribution in [0.4, 0.5) is 0 Å². The fourth-order valence-electron chi connectivity index (χ4n) is 1.67. The van der Waals surface area contributed by atoms with Crippen molar-refractivity contribution in [3.05, 3.63) is 0 Å². The van der Waals surface area contributed by atoms with E-state index in [4.69, 9.17) is 5.73 Å². The second kappa shape index (κ2) is 5.73. The van der Waals surface area contributed by atoms with Crippen LogP contribution in [0.25, 0.3) is 0 Å². The molecular weight excluding hydrogens is 184 g/mol. The Morgan fingerprint density at radius 3 is 2.62 bits per heavy atom. The highest BCUT2D eigenvalue weighted by Crippen LogP contribution is 2.07. The second-order valence-corrected chi connectivity index (χ2v) is 5.53. The fourth-order valence-corrected chi connectivity index (χ4v) is 2.80. The molecule has 1 aliphatic heterocycles. The molecule has 0 aromatic heterocycles. The van der Waals surface area contributed by atoms with Crippen LogP contribution >= 0.6 is 0 Å². The third-order valence-electron chi connectivity index (χ3n) is 2.50. The van der Waals surface area contributed by atoms with Crippen LogP contribution in [0.5, 0.6) is 0 Å². The van der Waals surface area contributed by atoms with Crippen molar-refractivity contribution in [3.8, 4) is 0 Å². The first-order valence-electron chi connectivity index (χ1n) is 4.99. The van der Waals surface area contributed by atoms with Gasteiger partial charge in [-0.2, -0.15) is 0 Å². The van der Waals surface area contributed by atoms with Crippen LogP contribution in [-0.2, 0) is 10.8 Å². The van der Waals surface area contributed by atoms with Gasteiger partial charge in [-0.25, -0.2) is 0 Å². The summed E-state index contributed by atoms with van der Waals surface area (Å²) in [7, 11) is -0.546. The van der Waals surface area contributed by atoms with Crippen molar-refractivity contribution in [1.29, 1.82) is 0 Å². The summed E-state index contributed by atoms with van der Waals surface area (Å²) in [6.45, 7) is 6.14. The summed E-state index contributed by atoms with van der Waals surface area (Å²) in [5, 5.41) is 0. The summed E-state index contributed by atoms with van der Waals surface area (Å²) in [6, 6.07) is 0. The van der Waals surface area contributed by atoms with Gasteiger partial charge in [-0.1, -0.05) is 6.92 Å². The van der Waals surface area contributed by atoms with E-state index in [1.54, 1.807) is 0 Å². The molecule has 2 N–H and O–H groups in total. The molecule has 3 nitrogen and oxygen atoms in total. The lowest BCUT2D eigenvalue weighted by Crippen LogP contribution is -2.40. The largest absolute Gasteiger partial charge is 0.330 e. The Bertz CT molecular complexity index is 165. The molecule has 0 saturated carbocycles. The van der Waals surface area contributed by atoms with Crippen LogP contribution in [-0.4, -0.2) is 46.8 Å². The van der Waals surface area contributed by atoms with Crippen LogP contribution in [0, 0.1) is 5.92 Å². The maximum atomic E-state index is 11.1. The highest BCUT2D eigenvalue weighted by Gasteiger charge is 2.16. The maximum absolute atomic E-state index is 11.1. The van der Waals surface area contributed by atoms with Crippen molar-refractivity contribution in [1.82, 2.24) is 4.90 Å². The van der Waals surface area contributed by atoms with Crippen LogP contribution in [0.1, 0.15) is 13.3 Å². The van der Waals surface area contributed by atoms with Gasteiger partial charge in [0.2, 0.25) is 0 Å². The SMILES string of the molecule is CC(CCN)CN1CCS(=O)CC1. The number of rotatable bonds is 4. The van der Waals surface area contributed by atoms with Crippen molar-refractivity contribution in [2.24, 2.45) is 11.7 Å². The summed E-state index contributed by atoms with van der Waals surface area (Å²) in [4.78, 5) is 2.40. The lowest BCUT2D eigenvalue weighted by atomic mass is 10.1. The van der Waals surface area contributed by atoms with Crippen molar-refractivity contribution < 1.29 is 4.21 Å². The van der Waals surface area contributed by atoms with E-state index in [1.807, 2.05) is 0 Å². The van der Waals surface area contributed by atoms with Gasteiger partial charge < -0.3 is 10.6 Å². The molecule has 1 aliphatic rings. The van der Waals surface area contributed by atoms with E-state index < -0.39 is 10.8 Å². The Morgan fingerprint density at radius 1 is 1.46 bits per heavy atom. The summed E-state index contributed by atoms with van der Waals surface area (Å²) in [5.41, 5.74) is 5.49.